The number of halogens is 1. The van der Waals surface area contributed by atoms with Crippen LogP contribution in [0.15, 0.2) is 0 Å². The van der Waals surface area contributed by atoms with Crippen LogP contribution in [0.3, 0.4) is 0 Å². The fraction of sp³-hybridized carbons (Fsp3) is 1.00. The van der Waals surface area contributed by atoms with E-state index in [2.05, 4.69) is 34.9 Å². The third-order valence-corrected chi connectivity index (χ3v) is 8.76. The van der Waals surface area contributed by atoms with Crippen molar-refractivity contribution in [2.45, 2.75) is 200 Å². The zero-order chi connectivity index (χ0) is 25.9. The maximum absolute atomic E-state index is 2.50. The van der Waals surface area contributed by atoms with E-state index < -0.39 is 0 Å². The lowest BCUT2D eigenvalue weighted by atomic mass is 10.0. The smallest absolute Gasteiger partial charge is 0.0857 e. The monoisotopic (exact) mass is 530 g/mol. The molecule has 36 heavy (non-hydrogen) atoms. The van der Waals surface area contributed by atoms with Gasteiger partial charge in [-0.2, -0.15) is 0 Å². The minimum Gasteiger partial charge on any atom is -1.00 e. The molecule has 0 spiro atoms. The number of hydrogen-bond donors (Lipinski definition) is 0. The Labute approximate surface area is 237 Å². The van der Waals surface area contributed by atoms with E-state index in [4.69, 9.17) is 0 Å². The average Bonchev–Trinajstić information content (AvgIpc) is 2.84. The quantitative estimate of drug-likeness (QED) is 0.0669. The van der Waals surface area contributed by atoms with E-state index in [1.165, 1.54) is 184 Å². The summed E-state index contributed by atoms with van der Waals surface area (Å²) in [4.78, 5) is 0. The fourth-order valence-corrected chi connectivity index (χ4v) is 5.56. The SMILES string of the molecule is CCCCCCCCCCCCCCCC[N+](C)(C)C(C)CCCCCCCCCCCCCC.[Cl-]. The van der Waals surface area contributed by atoms with Gasteiger partial charge >= 0.3 is 0 Å². The molecule has 0 aromatic rings. The maximum Gasteiger partial charge on any atom is 0.0857 e. The molecule has 1 unspecified atom stereocenters. The highest BCUT2D eigenvalue weighted by atomic mass is 35.5. The molecule has 0 heterocycles. The lowest BCUT2D eigenvalue weighted by Gasteiger charge is -2.36. The highest BCUT2D eigenvalue weighted by Gasteiger charge is 2.22. The molecule has 0 N–H and O–H groups in total. The summed E-state index contributed by atoms with van der Waals surface area (Å²) >= 11 is 0. The van der Waals surface area contributed by atoms with Crippen LogP contribution in [-0.2, 0) is 0 Å². The third kappa shape index (κ3) is 27.3. The van der Waals surface area contributed by atoms with E-state index in [0.717, 1.165) is 6.04 Å². The molecule has 220 valence electrons. The molecule has 0 saturated carbocycles. The van der Waals surface area contributed by atoms with Crippen molar-refractivity contribution in [2.75, 3.05) is 20.6 Å². The number of hydrogen-bond acceptors (Lipinski definition) is 0. The molecular formula is C34H72ClN. The van der Waals surface area contributed by atoms with Crippen LogP contribution in [0, 0.1) is 0 Å². The molecule has 0 amide bonds. The van der Waals surface area contributed by atoms with Gasteiger partial charge in [0.25, 0.3) is 0 Å². The van der Waals surface area contributed by atoms with Crippen LogP contribution in [0.2, 0.25) is 0 Å². The Morgan fingerprint density at radius 3 is 0.944 bits per heavy atom. The Kier molecular flexibility index (Phi) is 31.8. The highest BCUT2D eigenvalue weighted by molar-refractivity contribution is 4.55. The van der Waals surface area contributed by atoms with Crippen LogP contribution in [0.25, 0.3) is 0 Å². The first-order valence-corrected chi connectivity index (χ1v) is 16.9. The number of nitrogens with zero attached hydrogens (tertiary/aromatic N) is 1. The van der Waals surface area contributed by atoms with Gasteiger partial charge < -0.3 is 16.9 Å². The van der Waals surface area contributed by atoms with Crippen LogP contribution in [0.4, 0.5) is 0 Å². The van der Waals surface area contributed by atoms with Gasteiger partial charge in [0.1, 0.15) is 0 Å². The Hall–Kier alpha value is 0.250. The zero-order valence-corrected chi connectivity index (χ0v) is 27.0. The van der Waals surface area contributed by atoms with Gasteiger partial charge in [-0.15, -0.1) is 0 Å². The zero-order valence-electron chi connectivity index (χ0n) is 26.2. The second-order valence-corrected chi connectivity index (χ2v) is 12.6. The Morgan fingerprint density at radius 2 is 0.639 bits per heavy atom. The summed E-state index contributed by atoms with van der Waals surface area (Å²) in [6.45, 7) is 8.49. The van der Waals surface area contributed by atoms with Crippen LogP contribution in [-0.4, -0.2) is 31.2 Å². The van der Waals surface area contributed by atoms with E-state index in [0.29, 0.717) is 0 Å². The Morgan fingerprint density at radius 1 is 0.389 bits per heavy atom. The molecule has 0 fully saturated rings. The number of quaternary nitrogens is 1. The van der Waals surface area contributed by atoms with Crippen molar-refractivity contribution in [1.82, 2.24) is 0 Å². The minimum absolute atomic E-state index is 0. The molecule has 0 radical (unpaired) electrons. The van der Waals surface area contributed by atoms with Crippen molar-refractivity contribution in [3.05, 3.63) is 0 Å². The van der Waals surface area contributed by atoms with Gasteiger partial charge in [0, 0.05) is 0 Å². The first-order valence-electron chi connectivity index (χ1n) is 16.9. The lowest BCUT2D eigenvalue weighted by Crippen LogP contribution is -3.00. The standard InChI is InChI=1S/C34H72N.ClH/c1-6-8-10-12-14-16-18-20-21-23-25-27-29-31-33-35(4,5)34(3)32-30-28-26-24-22-19-17-15-13-11-9-7-2;/h34H,6-33H2,1-5H3;1H/q+1;/p-1. The fourth-order valence-electron chi connectivity index (χ4n) is 5.56. The summed E-state index contributed by atoms with van der Waals surface area (Å²) in [6.07, 6.45) is 39.3. The van der Waals surface area contributed by atoms with Gasteiger partial charge in [0.2, 0.25) is 0 Å². The lowest BCUT2D eigenvalue weighted by molar-refractivity contribution is -0.913. The van der Waals surface area contributed by atoms with Crippen molar-refractivity contribution >= 4 is 0 Å². The Balaban J connectivity index is 0. The molecule has 0 aliphatic rings. The molecular weight excluding hydrogens is 458 g/mol. The largest absolute Gasteiger partial charge is 1.00 e. The highest BCUT2D eigenvalue weighted by Crippen LogP contribution is 2.19. The first kappa shape index (κ1) is 38.4. The topological polar surface area (TPSA) is 0 Å². The van der Waals surface area contributed by atoms with E-state index in [9.17, 15) is 0 Å². The van der Waals surface area contributed by atoms with E-state index >= 15 is 0 Å². The minimum atomic E-state index is 0. The molecule has 0 aromatic carbocycles. The number of unbranched alkanes of at least 4 members (excludes halogenated alkanes) is 24. The van der Waals surface area contributed by atoms with Crippen molar-refractivity contribution < 1.29 is 16.9 Å². The molecule has 0 aliphatic carbocycles. The average molecular weight is 530 g/mol. The molecule has 0 rings (SSSR count). The molecule has 0 aliphatic heterocycles. The molecule has 0 aromatic heterocycles. The summed E-state index contributed by atoms with van der Waals surface area (Å²) < 4.78 is 1.23. The van der Waals surface area contributed by atoms with Crippen LogP contribution in [0.5, 0.6) is 0 Å². The second-order valence-electron chi connectivity index (χ2n) is 12.6. The predicted octanol–water partition coefficient (Wildman–Crippen LogP) is 9.03. The summed E-state index contributed by atoms with van der Waals surface area (Å²) in [7, 11) is 4.96. The molecule has 1 atom stereocenters. The van der Waals surface area contributed by atoms with Crippen molar-refractivity contribution in [2.24, 2.45) is 0 Å². The molecule has 0 bridgehead atoms. The maximum atomic E-state index is 2.50. The molecule has 0 saturated heterocycles. The summed E-state index contributed by atoms with van der Waals surface area (Å²) in [5.74, 6) is 0. The van der Waals surface area contributed by atoms with Crippen molar-refractivity contribution in [3.8, 4) is 0 Å². The molecule has 1 nitrogen and oxygen atoms in total. The van der Waals surface area contributed by atoms with Gasteiger partial charge in [-0.05, 0) is 32.6 Å². The molecule has 2 heteroatoms. The third-order valence-electron chi connectivity index (χ3n) is 8.76. The predicted molar refractivity (Wildman–Crippen MR) is 162 cm³/mol. The van der Waals surface area contributed by atoms with E-state index in [1.807, 2.05) is 0 Å². The normalized spacial score (nSPS) is 12.6. The Bertz CT molecular complexity index is 395. The van der Waals surface area contributed by atoms with Gasteiger partial charge in [0.15, 0.2) is 0 Å². The van der Waals surface area contributed by atoms with Crippen molar-refractivity contribution in [1.29, 1.82) is 0 Å². The summed E-state index contributed by atoms with van der Waals surface area (Å²) in [5.41, 5.74) is 0. The second kappa shape index (κ2) is 29.8. The van der Waals surface area contributed by atoms with Gasteiger partial charge in [-0.3, -0.25) is 0 Å². The number of rotatable bonds is 29. The van der Waals surface area contributed by atoms with Gasteiger partial charge in [0.05, 0.1) is 26.7 Å². The van der Waals surface area contributed by atoms with Gasteiger partial charge in [-0.1, -0.05) is 162 Å². The van der Waals surface area contributed by atoms with Crippen LogP contribution >= 0.6 is 0 Å². The summed E-state index contributed by atoms with van der Waals surface area (Å²) in [6, 6.07) is 0.820. The van der Waals surface area contributed by atoms with Crippen molar-refractivity contribution in [3.63, 3.8) is 0 Å². The summed E-state index contributed by atoms with van der Waals surface area (Å²) in [5, 5.41) is 0. The van der Waals surface area contributed by atoms with Gasteiger partial charge in [-0.25, -0.2) is 0 Å². The van der Waals surface area contributed by atoms with E-state index in [-0.39, 0.29) is 12.4 Å². The van der Waals surface area contributed by atoms with Crippen LogP contribution in [0.1, 0.15) is 194 Å². The van der Waals surface area contributed by atoms with Crippen LogP contribution < -0.4 is 12.4 Å². The van der Waals surface area contributed by atoms with E-state index in [1.54, 1.807) is 0 Å². The first-order chi connectivity index (χ1) is 17.0.